The molecule has 0 heterocycles. The number of aryl methyl sites for hydroxylation is 1. The number of fused-ring (bicyclic) bond motifs is 3. The molecular formula is C16H20N2O5. The van der Waals surface area contributed by atoms with Gasteiger partial charge in [-0.1, -0.05) is 26.7 Å². The molecule has 0 spiro atoms. The van der Waals surface area contributed by atoms with Crippen LogP contribution in [-0.4, -0.2) is 15.0 Å². The summed E-state index contributed by atoms with van der Waals surface area (Å²) in [6.45, 7) is 4.19. The molecule has 1 N–H and O–H groups in total. The number of rotatable bonds is 2. The molecule has 7 nitrogen and oxygen atoms in total. The molecule has 3 rings (SSSR count). The number of phenolic OH excluding ortho intramolecular Hbond substituents is 1. The van der Waals surface area contributed by atoms with Crippen LogP contribution in [0.3, 0.4) is 0 Å². The van der Waals surface area contributed by atoms with Gasteiger partial charge in [0.25, 0.3) is 5.75 Å². The zero-order valence-electron chi connectivity index (χ0n) is 13.2. The zero-order valence-corrected chi connectivity index (χ0v) is 13.2. The number of nitro groups is 2. The molecule has 1 saturated carbocycles. The van der Waals surface area contributed by atoms with Crippen molar-refractivity contribution in [3.8, 4) is 5.75 Å². The van der Waals surface area contributed by atoms with Crippen molar-refractivity contribution >= 4 is 11.4 Å². The Bertz CT molecular complexity index is 702. The van der Waals surface area contributed by atoms with E-state index in [9.17, 15) is 25.3 Å². The van der Waals surface area contributed by atoms with Crippen LogP contribution in [0.15, 0.2) is 6.07 Å². The van der Waals surface area contributed by atoms with Crippen LogP contribution in [0, 0.1) is 32.1 Å². The zero-order chi connectivity index (χ0) is 16.9. The highest BCUT2D eigenvalue weighted by molar-refractivity contribution is 5.68. The number of nitrogens with zero attached hydrogens (tertiary/aromatic N) is 2. The normalized spacial score (nSPS) is 29.5. The third kappa shape index (κ3) is 2.17. The van der Waals surface area contributed by atoms with Crippen molar-refractivity contribution in [1.82, 2.24) is 0 Å². The average molecular weight is 320 g/mol. The first-order valence-corrected chi connectivity index (χ1v) is 7.95. The lowest BCUT2D eigenvalue weighted by atomic mass is 9.55. The highest BCUT2D eigenvalue weighted by Gasteiger charge is 2.50. The Kier molecular flexibility index (Phi) is 3.54. The van der Waals surface area contributed by atoms with Crippen LogP contribution < -0.4 is 0 Å². The fourth-order valence-corrected chi connectivity index (χ4v) is 4.88. The Hall–Kier alpha value is -2.18. The van der Waals surface area contributed by atoms with Gasteiger partial charge in [-0.3, -0.25) is 20.2 Å². The maximum Gasteiger partial charge on any atom is 0.322 e. The Labute approximate surface area is 133 Å². The summed E-state index contributed by atoms with van der Waals surface area (Å²) in [7, 11) is 0. The van der Waals surface area contributed by atoms with Crippen molar-refractivity contribution < 1.29 is 15.0 Å². The number of aromatic hydroxyl groups is 1. The van der Waals surface area contributed by atoms with E-state index in [0.717, 1.165) is 25.7 Å². The summed E-state index contributed by atoms with van der Waals surface area (Å²) >= 11 is 0. The van der Waals surface area contributed by atoms with Crippen LogP contribution in [0.25, 0.3) is 0 Å². The smallest absolute Gasteiger partial charge is 0.322 e. The highest BCUT2D eigenvalue weighted by atomic mass is 16.6. The van der Waals surface area contributed by atoms with Crippen LogP contribution in [0.1, 0.15) is 50.7 Å². The first-order valence-electron chi connectivity index (χ1n) is 7.95. The summed E-state index contributed by atoms with van der Waals surface area (Å²) in [6, 6.07) is 1.33. The fourth-order valence-electron chi connectivity index (χ4n) is 4.88. The maximum atomic E-state index is 11.6. The summed E-state index contributed by atoms with van der Waals surface area (Å²) in [5.41, 5.74) is -0.264. The van der Waals surface area contributed by atoms with Crippen LogP contribution >= 0.6 is 0 Å². The second-order valence-corrected chi connectivity index (χ2v) is 7.07. The van der Waals surface area contributed by atoms with Gasteiger partial charge in [-0.25, -0.2) is 0 Å². The largest absolute Gasteiger partial charge is 0.497 e. The lowest BCUT2D eigenvalue weighted by Gasteiger charge is -2.48. The molecule has 0 bridgehead atoms. The summed E-state index contributed by atoms with van der Waals surface area (Å²) in [4.78, 5) is 21.3. The van der Waals surface area contributed by atoms with Gasteiger partial charge in [-0.15, -0.1) is 0 Å². The third-order valence-electron chi connectivity index (χ3n) is 5.87. The molecule has 1 aromatic carbocycles. The fraction of sp³-hybridized carbons (Fsp3) is 0.625. The lowest BCUT2D eigenvalue weighted by molar-refractivity contribution is -0.397. The molecule has 0 aliphatic heterocycles. The van der Waals surface area contributed by atoms with Gasteiger partial charge < -0.3 is 5.11 Å². The van der Waals surface area contributed by atoms with Crippen molar-refractivity contribution in [3.63, 3.8) is 0 Å². The lowest BCUT2D eigenvalue weighted by Crippen LogP contribution is -2.43. The molecule has 0 aromatic heterocycles. The Morgan fingerprint density at radius 2 is 1.96 bits per heavy atom. The summed E-state index contributed by atoms with van der Waals surface area (Å²) in [5, 5.41) is 32.9. The molecule has 1 fully saturated rings. The van der Waals surface area contributed by atoms with Crippen LogP contribution in [0.4, 0.5) is 11.4 Å². The van der Waals surface area contributed by atoms with Gasteiger partial charge in [0.15, 0.2) is 0 Å². The third-order valence-corrected chi connectivity index (χ3v) is 5.87. The maximum absolute atomic E-state index is 11.6. The van der Waals surface area contributed by atoms with Crippen LogP contribution in [-0.2, 0) is 11.8 Å². The molecule has 124 valence electrons. The minimum absolute atomic E-state index is 0.309. The van der Waals surface area contributed by atoms with Gasteiger partial charge in [0, 0.05) is 17.0 Å². The van der Waals surface area contributed by atoms with E-state index in [1.54, 1.807) is 0 Å². The molecule has 3 atom stereocenters. The van der Waals surface area contributed by atoms with Crippen molar-refractivity contribution in [2.45, 2.75) is 51.4 Å². The monoisotopic (exact) mass is 320 g/mol. The molecule has 0 amide bonds. The second-order valence-electron chi connectivity index (χ2n) is 7.07. The van der Waals surface area contributed by atoms with Gasteiger partial charge >= 0.3 is 11.4 Å². The van der Waals surface area contributed by atoms with E-state index in [1.807, 2.05) is 6.92 Å². The van der Waals surface area contributed by atoms with E-state index < -0.39 is 32.4 Å². The standard InChI is InChI=1S/C16H20N2O5/c1-9-4-3-7-16(2)11(9)6-5-10-8-12(17(20)21)15(19)14(13(10)16)18(22)23/h8-9,11,19H,3-7H2,1-2H3/t9-,11?,16+/m1/s1. The quantitative estimate of drug-likeness (QED) is 0.658. The predicted octanol–water partition coefficient (Wildman–Crippen LogP) is 3.85. The van der Waals surface area contributed by atoms with E-state index >= 15 is 0 Å². The number of benzene rings is 1. The van der Waals surface area contributed by atoms with E-state index in [4.69, 9.17) is 0 Å². The topological polar surface area (TPSA) is 107 Å². The molecule has 7 heteroatoms. The average Bonchev–Trinajstić information content (AvgIpc) is 2.46. The minimum Gasteiger partial charge on any atom is -0.497 e. The minimum atomic E-state index is -0.807. The van der Waals surface area contributed by atoms with Crippen molar-refractivity contribution in [1.29, 1.82) is 0 Å². The Morgan fingerprint density at radius 1 is 1.26 bits per heavy atom. The molecule has 1 aromatic rings. The molecule has 2 aliphatic rings. The first kappa shape index (κ1) is 15.7. The number of hydrogen-bond acceptors (Lipinski definition) is 5. The number of nitro benzene ring substituents is 2. The van der Waals surface area contributed by atoms with E-state index in [1.165, 1.54) is 6.07 Å². The molecule has 23 heavy (non-hydrogen) atoms. The van der Waals surface area contributed by atoms with Crippen LogP contribution in [0.2, 0.25) is 0 Å². The summed E-state index contributed by atoms with van der Waals surface area (Å²) < 4.78 is 0. The Morgan fingerprint density at radius 3 is 2.57 bits per heavy atom. The number of phenols is 1. The molecule has 2 aliphatic carbocycles. The second kappa shape index (κ2) is 5.18. The first-order chi connectivity index (χ1) is 10.8. The van der Waals surface area contributed by atoms with E-state index in [2.05, 4.69) is 6.92 Å². The summed E-state index contributed by atoms with van der Waals surface area (Å²) in [5.74, 6) is -0.0407. The molecule has 1 unspecified atom stereocenters. The van der Waals surface area contributed by atoms with Gasteiger partial charge in [-0.2, -0.15) is 0 Å². The highest BCUT2D eigenvalue weighted by Crippen LogP contribution is 2.57. The van der Waals surface area contributed by atoms with Crippen LogP contribution in [0.5, 0.6) is 5.75 Å². The molecular weight excluding hydrogens is 300 g/mol. The Balaban J connectivity index is 2.31. The summed E-state index contributed by atoms with van der Waals surface area (Å²) in [6.07, 6.45) is 4.35. The number of hydrogen-bond donors (Lipinski definition) is 1. The van der Waals surface area contributed by atoms with Gasteiger partial charge in [0.05, 0.1) is 9.85 Å². The molecule has 0 saturated heterocycles. The van der Waals surface area contributed by atoms with Gasteiger partial charge in [-0.05, 0) is 36.7 Å². The van der Waals surface area contributed by atoms with Gasteiger partial charge in [0.2, 0.25) is 0 Å². The SMILES string of the molecule is C[C@@H]1CCC[C@]2(C)c3c(cc([N+](=O)[O-])c(O)c3[N+](=O)[O-])CCC12. The van der Waals surface area contributed by atoms with E-state index in [0.29, 0.717) is 29.4 Å². The predicted molar refractivity (Wildman–Crippen MR) is 83.6 cm³/mol. The van der Waals surface area contributed by atoms with E-state index in [-0.39, 0.29) is 0 Å². The van der Waals surface area contributed by atoms with Gasteiger partial charge in [0.1, 0.15) is 0 Å². The molecule has 0 radical (unpaired) electrons. The van der Waals surface area contributed by atoms with Crippen molar-refractivity contribution in [2.75, 3.05) is 0 Å². The van der Waals surface area contributed by atoms with Crippen molar-refractivity contribution in [2.24, 2.45) is 11.8 Å². The van der Waals surface area contributed by atoms with Crippen molar-refractivity contribution in [3.05, 3.63) is 37.4 Å².